The molecule has 0 aromatic heterocycles. The zero-order chi connectivity index (χ0) is 20.3. The number of halogens is 1. The van der Waals surface area contributed by atoms with Gasteiger partial charge in [-0.25, -0.2) is 0 Å². The van der Waals surface area contributed by atoms with E-state index in [2.05, 4.69) is 56.4 Å². The molecule has 0 bridgehead atoms. The maximum absolute atomic E-state index is 13.7. The predicted molar refractivity (Wildman–Crippen MR) is 117 cm³/mol. The molecule has 2 aromatic carbocycles. The van der Waals surface area contributed by atoms with Crippen molar-refractivity contribution in [3.05, 3.63) is 70.2 Å². The van der Waals surface area contributed by atoms with Crippen molar-refractivity contribution in [2.45, 2.75) is 64.1 Å². The first-order chi connectivity index (χ1) is 13.4. The second-order valence-corrected chi connectivity index (χ2v) is 8.39. The van der Waals surface area contributed by atoms with Crippen LogP contribution in [0.3, 0.4) is 0 Å². The summed E-state index contributed by atoms with van der Waals surface area (Å²) >= 11 is 6.57. The monoisotopic (exact) mass is 398 g/mol. The second-order valence-electron chi connectivity index (χ2n) is 7.98. The molecule has 0 saturated heterocycles. The summed E-state index contributed by atoms with van der Waals surface area (Å²) in [5.74, 6) is 0.176. The first-order valence-corrected chi connectivity index (χ1v) is 10.7. The fraction of sp³-hybridized carbons (Fsp3) is 0.458. The Morgan fingerprint density at radius 1 is 1.18 bits per heavy atom. The van der Waals surface area contributed by atoms with Crippen LogP contribution in [0.1, 0.15) is 62.8 Å². The quantitative estimate of drug-likeness (QED) is 0.709. The Morgan fingerprint density at radius 2 is 1.82 bits per heavy atom. The highest BCUT2D eigenvalue weighted by molar-refractivity contribution is 6.31. The molecular weight excluding hydrogens is 368 g/mol. The standard InChI is InChI=1S/C24H31ClN2O/c1-5-15-24(23(28)27(4)17(3)6-2)16-18-11-7-8-12-19(18)22(26-24)20-13-9-10-14-21(20)25/h7-14,17,22,26H,5-6,15-16H2,1-4H3. The maximum atomic E-state index is 13.7. The lowest BCUT2D eigenvalue weighted by atomic mass is 9.76. The normalized spacial score (nSPS) is 22.4. The molecule has 3 atom stereocenters. The minimum atomic E-state index is -0.620. The predicted octanol–water partition coefficient (Wildman–Crippen LogP) is 5.37. The lowest BCUT2D eigenvalue weighted by Crippen LogP contribution is -2.62. The van der Waals surface area contributed by atoms with E-state index in [9.17, 15) is 4.79 Å². The third kappa shape index (κ3) is 3.83. The summed E-state index contributed by atoms with van der Waals surface area (Å²) in [6.07, 6.45) is 3.37. The van der Waals surface area contributed by atoms with Gasteiger partial charge in [0.1, 0.15) is 5.54 Å². The van der Waals surface area contributed by atoms with E-state index in [1.807, 2.05) is 30.1 Å². The van der Waals surface area contributed by atoms with Crippen LogP contribution in [-0.2, 0) is 11.2 Å². The molecule has 150 valence electrons. The Balaban J connectivity index is 2.11. The van der Waals surface area contributed by atoms with E-state index in [0.717, 1.165) is 29.8 Å². The van der Waals surface area contributed by atoms with Crippen molar-refractivity contribution in [1.29, 1.82) is 0 Å². The van der Waals surface area contributed by atoms with E-state index in [1.165, 1.54) is 11.1 Å². The number of carbonyl (C=O) groups is 1. The lowest BCUT2D eigenvalue weighted by Gasteiger charge is -2.45. The van der Waals surface area contributed by atoms with Crippen LogP contribution in [0.5, 0.6) is 0 Å². The van der Waals surface area contributed by atoms with E-state index in [4.69, 9.17) is 11.6 Å². The number of hydrogen-bond donors (Lipinski definition) is 1. The number of rotatable bonds is 6. The van der Waals surface area contributed by atoms with E-state index < -0.39 is 5.54 Å². The zero-order valence-electron chi connectivity index (χ0n) is 17.3. The summed E-state index contributed by atoms with van der Waals surface area (Å²) in [6.45, 7) is 6.38. The summed E-state index contributed by atoms with van der Waals surface area (Å²) in [4.78, 5) is 15.6. The van der Waals surface area contributed by atoms with Gasteiger partial charge in [0.15, 0.2) is 0 Å². The van der Waals surface area contributed by atoms with Crippen molar-refractivity contribution >= 4 is 17.5 Å². The number of hydrogen-bond acceptors (Lipinski definition) is 2. The fourth-order valence-electron chi connectivity index (χ4n) is 4.30. The molecule has 1 N–H and O–H groups in total. The molecule has 3 rings (SSSR count). The number of benzene rings is 2. The smallest absolute Gasteiger partial charge is 0.243 e. The van der Waals surface area contributed by atoms with Crippen molar-refractivity contribution < 1.29 is 4.79 Å². The molecule has 0 fully saturated rings. The third-order valence-corrected chi connectivity index (χ3v) is 6.50. The average Bonchev–Trinajstić information content (AvgIpc) is 2.72. The van der Waals surface area contributed by atoms with Crippen LogP contribution in [0.4, 0.5) is 0 Å². The maximum Gasteiger partial charge on any atom is 0.243 e. The second kappa shape index (κ2) is 8.67. The third-order valence-electron chi connectivity index (χ3n) is 6.15. The Morgan fingerprint density at radius 3 is 2.46 bits per heavy atom. The van der Waals surface area contributed by atoms with Gasteiger partial charge in [0.05, 0.1) is 6.04 Å². The van der Waals surface area contributed by atoms with Gasteiger partial charge in [-0.3, -0.25) is 10.1 Å². The van der Waals surface area contributed by atoms with Gasteiger partial charge in [0.25, 0.3) is 0 Å². The summed E-state index contributed by atoms with van der Waals surface area (Å²) in [7, 11) is 1.93. The molecule has 0 saturated carbocycles. The molecule has 0 spiro atoms. The van der Waals surface area contributed by atoms with Crippen molar-refractivity contribution in [3.63, 3.8) is 0 Å². The molecule has 3 unspecified atom stereocenters. The van der Waals surface area contributed by atoms with Crippen LogP contribution >= 0.6 is 11.6 Å². The van der Waals surface area contributed by atoms with Crippen LogP contribution in [0.15, 0.2) is 48.5 Å². The highest BCUT2D eigenvalue weighted by Gasteiger charge is 2.46. The van der Waals surface area contributed by atoms with Gasteiger partial charge >= 0.3 is 0 Å². The van der Waals surface area contributed by atoms with E-state index in [-0.39, 0.29) is 18.0 Å². The molecule has 4 heteroatoms. The number of likely N-dealkylation sites (N-methyl/N-ethyl adjacent to an activating group) is 1. The van der Waals surface area contributed by atoms with Crippen molar-refractivity contribution in [2.75, 3.05) is 7.05 Å². The minimum absolute atomic E-state index is 0.0977. The number of amides is 1. The molecule has 2 aromatic rings. The Labute approximate surface area is 174 Å². The molecule has 1 amide bonds. The Kier molecular flexibility index (Phi) is 6.47. The van der Waals surface area contributed by atoms with Crippen LogP contribution in [0, 0.1) is 0 Å². The molecule has 0 radical (unpaired) electrons. The minimum Gasteiger partial charge on any atom is -0.341 e. The topological polar surface area (TPSA) is 32.3 Å². The summed E-state index contributed by atoms with van der Waals surface area (Å²) in [5.41, 5.74) is 2.84. The number of nitrogens with one attached hydrogen (secondary N) is 1. The highest BCUT2D eigenvalue weighted by Crippen LogP contribution is 2.39. The number of fused-ring (bicyclic) bond motifs is 1. The van der Waals surface area contributed by atoms with Gasteiger partial charge in [-0.2, -0.15) is 0 Å². The van der Waals surface area contributed by atoms with Crippen LogP contribution in [-0.4, -0.2) is 29.4 Å². The van der Waals surface area contributed by atoms with Gasteiger partial charge in [-0.1, -0.05) is 74.3 Å². The molecular formula is C24H31ClN2O. The zero-order valence-corrected chi connectivity index (χ0v) is 18.1. The first kappa shape index (κ1) is 20.9. The van der Waals surface area contributed by atoms with Gasteiger partial charge in [0, 0.05) is 18.1 Å². The SMILES string of the molecule is CCCC1(C(=O)N(C)C(C)CC)Cc2ccccc2C(c2ccccc2Cl)N1. The van der Waals surface area contributed by atoms with Crippen LogP contribution in [0.25, 0.3) is 0 Å². The first-order valence-electron chi connectivity index (χ1n) is 10.3. The molecule has 3 nitrogen and oxygen atoms in total. The Hall–Kier alpha value is -1.84. The molecule has 1 aliphatic rings. The van der Waals surface area contributed by atoms with Crippen LogP contribution in [0.2, 0.25) is 5.02 Å². The van der Waals surface area contributed by atoms with Crippen molar-refractivity contribution in [2.24, 2.45) is 0 Å². The van der Waals surface area contributed by atoms with Crippen molar-refractivity contribution in [3.8, 4) is 0 Å². The molecule has 0 aliphatic carbocycles. The van der Waals surface area contributed by atoms with Crippen molar-refractivity contribution in [1.82, 2.24) is 10.2 Å². The van der Waals surface area contributed by atoms with E-state index >= 15 is 0 Å². The molecule has 1 aliphatic heterocycles. The van der Waals surface area contributed by atoms with Gasteiger partial charge in [0.2, 0.25) is 5.91 Å². The Bertz CT molecular complexity index is 837. The summed E-state index contributed by atoms with van der Waals surface area (Å²) in [5, 5.41) is 4.49. The van der Waals surface area contributed by atoms with E-state index in [1.54, 1.807) is 0 Å². The van der Waals surface area contributed by atoms with Gasteiger partial charge < -0.3 is 4.90 Å². The highest BCUT2D eigenvalue weighted by atomic mass is 35.5. The summed E-state index contributed by atoms with van der Waals surface area (Å²) < 4.78 is 0. The summed E-state index contributed by atoms with van der Waals surface area (Å²) in [6, 6.07) is 16.5. The number of carbonyl (C=O) groups excluding carboxylic acids is 1. The average molecular weight is 399 g/mol. The molecule has 1 heterocycles. The fourth-order valence-corrected chi connectivity index (χ4v) is 4.55. The molecule has 28 heavy (non-hydrogen) atoms. The van der Waals surface area contributed by atoms with Gasteiger partial charge in [-0.15, -0.1) is 0 Å². The van der Waals surface area contributed by atoms with Crippen LogP contribution < -0.4 is 5.32 Å². The largest absolute Gasteiger partial charge is 0.341 e. The number of nitrogens with zero attached hydrogens (tertiary/aromatic N) is 1. The van der Waals surface area contributed by atoms with E-state index in [0.29, 0.717) is 6.42 Å². The van der Waals surface area contributed by atoms with Gasteiger partial charge in [-0.05, 0) is 48.9 Å². The lowest BCUT2D eigenvalue weighted by molar-refractivity contribution is -0.140.